The number of nitrogens with zero attached hydrogens (tertiary/aromatic N) is 4. The van der Waals surface area contributed by atoms with Crippen LogP contribution in [-0.2, 0) is 4.74 Å². The molecule has 8 nitrogen and oxygen atoms in total. The van der Waals surface area contributed by atoms with Gasteiger partial charge in [-0.05, 0) is 44.9 Å². The van der Waals surface area contributed by atoms with Gasteiger partial charge in [0.25, 0.3) is 0 Å². The lowest BCUT2D eigenvalue weighted by Gasteiger charge is -2.24. The summed E-state index contributed by atoms with van der Waals surface area (Å²) in [5.41, 5.74) is 8.45. The Morgan fingerprint density at radius 3 is 2.60 bits per heavy atom. The number of amides is 1. The van der Waals surface area contributed by atoms with Gasteiger partial charge in [0.1, 0.15) is 29.1 Å². The average molecular weight is 409 g/mol. The first kappa shape index (κ1) is 20.0. The second kappa shape index (κ2) is 7.51. The Hall–Kier alpha value is -3.29. The van der Waals surface area contributed by atoms with E-state index in [0.717, 1.165) is 34.3 Å². The molecule has 1 aliphatic rings. The average Bonchev–Trinajstić information content (AvgIpc) is 3.32. The molecule has 1 aliphatic heterocycles. The van der Waals surface area contributed by atoms with Crippen molar-refractivity contribution in [2.45, 2.75) is 38.8 Å². The second-order valence-corrected chi connectivity index (χ2v) is 8.50. The highest BCUT2D eigenvalue weighted by molar-refractivity contribution is 6.00. The number of fused-ring (bicyclic) bond motifs is 1. The molecule has 3 heterocycles. The van der Waals surface area contributed by atoms with Gasteiger partial charge in [-0.25, -0.2) is 14.8 Å². The topological polar surface area (TPSA) is 95.5 Å². The highest BCUT2D eigenvalue weighted by Gasteiger charge is 2.32. The molecule has 0 bridgehead atoms. The number of nitrogen functional groups attached to an aromatic ring is 1. The third-order valence-corrected chi connectivity index (χ3v) is 5.25. The zero-order chi connectivity index (χ0) is 21.5. The van der Waals surface area contributed by atoms with Crippen LogP contribution in [-0.4, -0.2) is 51.3 Å². The fraction of sp³-hybridized carbons (Fsp3) is 0.409. The fourth-order valence-electron chi connectivity index (χ4n) is 3.84. The normalized spacial score (nSPS) is 16.8. The van der Waals surface area contributed by atoms with Crippen molar-refractivity contribution in [3.8, 4) is 16.9 Å². The number of likely N-dealkylation sites (tertiary alicyclic amines) is 1. The largest absolute Gasteiger partial charge is 0.497 e. The number of methoxy groups -OCH3 is 1. The molecule has 0 radical (unpaired) electrons. The van der Waals surface area contributed by atoms with E-state index in [1.165, 1.54) is 6.33 Å². The first-order valence-electron chi connectivity index (χ1n) is 10.00. The summed E-state index contributed by atoms with van der Waals surface area (Å²) in [7, 11) is 1.64. The zero-order valence-electron chi connectivity index (χ0n) is 17.8. The van der Waals surface area contributed by atoms with E-state index in [2.05, 4.69) is 20.7 Å². The van der Waals surface area contributed by atoms with Crippen LogP contribution in [0.4, 0.5) is 10.6 Å². The van der Waals surface area contributed by atoms with Gasteiger partial charge in [0.2, 0.25) is 0 Å². The van der Waals surface area contributed by atoms with Crippen molar-refractivity contribution in [3.05, 3.63) is 36.8 Å². The molecule has 1 amide bonds. The first-order valence-corrected chi connectivity index (χ1v) is 10.00. The summed E-state index contributed by atoms with van der Waals surface area (Å²) in [6, 6.07) is 7.90. The third-order valence-electron chi connectivity index (χ3n) is 5.25. The van der Waals surface area contributed by atoms with Crippen molar-refractivity contribution >= 4 is 22.9 Å². The lowest BCUT2D eigenvalue weighted by atomic mass is 10.1. The number of nitrogens with two attached hydrogens (primary N) is 1. The predicted molar refractivity (Wildman–Crippen MR) is 115 cm³/mol. The summed E-state index contributed by atoms with van der Waals surface area (Å²) in [5.74, 6) is 1.22. The molecule has 1 aromatic carbocycles. The van der Waals surface area contributed by atoms with E-state index < -0.39 is 5.60 Å². The molecule has 2 aromatic heterocycles. The van der Waals surface area contributed by atoms with Crippen LogP contribution in [0.25, 0.3) is 22.2 Å². The van der Waals surface area contributed by atoms with Crippen molar-refractivity contribution in [2.24, 2.45) is 0 Å². The van der Waals surface area contributed by atoms with E-state index in [1.807, 2.05) is 45.0 Å². The van der Waals surface area contributed by atoms with Crippen molar-refractivity contribution in [2.75, 3.05) is 25.9 Å². The standard InChI is InChI=1S/C22H27N5O3/c1-22(2,3)30-21(28)26-10-9-15(11-26)27-12-17(14-5-7-16(29-4)8-6-14)18-19(23)24-13-25-20(18)27/h5-8,12-13,15H,9-11H2,1-4H3,(H2,23,24,25). The Balaban J connectivity index is 1.69. The molecule has 30 heavy (non-hydrogen) atoms. The molecule has 1 saturated heterocycles. The van der Waals surface area contributed by atoms with Crippen molar-refractivity contribution < 1.29 is 14.3 Å². The Kier molecular flexibility index (Phi) is 5.01. The van der Waals surface area contributed by atoms with Crippen LogP contribution >= 0.6 is 0 Å². The molecule has 0 spiro atoms. The minimum atomic E-state index is -0.515. The summed E-state index contributed by atoms with van der Waals surface area (Å²) in [6.45, 7) is 6.82. The van der Waals surface area contributed by atoms with E-state index >= 15 is 0 Å². The van der Waals surface area contributed by atoms with E-state index in [4.69, 9.17) is 15.2 Å². The maximum atomic E-state index is 12.5. The smallest absolute Gasteiger partial charge is 0.410 e. The Morgan fingerprint density at radius 1 is 1.20 bits per heavy atom. The lowest BCUT2D eigenvalue weighted by molar-refractivity contribution is 0.0289. The summed E-state index contributed by atoms with van der Waals surface area (Å²) in [6.07, 6.45) is 4.06. The summed E-state index contributed by atoms with van der Waals surface area (Å²) < 4.78 is 12.9. The Labute approximate surface area is 175 Å². The summed E-state index contributed by atoms with van der Waals surface area (Å²) in [5, 5.41) is 0.818. The number of carbonyl (C=O) groups is 1. The van der Waals surface area contributed by atoms with Crippen LogP contribution in [0, 0.1) is 0 Å². The van der Waals surface area contributed by atoms with E-state index in [-0.39, 0.29) is 12.1 Å². The molecule has 1 atom stereocenters. The molecule has 158 valence electrons. The Bertz CT molecular complexity index is 1070. The van der Waals surface area contributed by atoms with Gasteiger partial charge < -0.3 is 24.7 Å². The molecular formula is C22H27N5O3. The van der Waals surface area contributed by atoms with E-state index in [0.29, 0.717) is 18.9 Å². The molecular weight excluding hydrogens is 382 g/mol. The minimum Gasteiger partial charge on any atom is -0.497 e. The summed E-state index contributed by atoms with van der Waals surface area (Å²) in [4.78, 5) is 22.9. The number of anilines is 1. The van der Waals surface area contributed by atoms with E-state index in [1.54, 1.807) is 12.0 Å². The maximum Gasteiger partial charge on any atom is 0.410 e. The molecule has 0 aliphatic carbocycles. The first-order chi connectivity index (χ1) is 14.3. The number of benzene rings is 1. The quantitative estimate of drug-likeness (QED) is 0.705. The van der Waals surface area contributed by atoms with Gasteiger partial charge in [0, 0.05) is 24.8 Å². The third kappa shape index (κ3) is 3.77. The predicted octanol–water partition coefficient (Wildman–Crippen LogP) is 3.87. The minimum absolute atomic E-state index is 0.0846. The SMILES string of the molecule is COc1ccc(-c2cn(C3CCN(C(=O)OC(C)(C)C)C3)c3ncnc(N)c23)cc1. The molecule has 3 aromatic rings. The molecule has 1 fully saturated rings. The molecule has 2 N–H and O–H groups in total. The molecule has 8 heteroatoms. The Morgan fingerprint density at radius 2 is 1.93 bits per heavy atom. The fourth-order valence-corrected chi connectivity index (χ4v) is 3.84. The van der Waals surface area contributed by atoms with Crippen LogP contribution in [0.1, 0.15) is 33.2 Å². The van der Waals surface area contributed by atoms with Gasteiger partial charge in [0.15, 0.2) is 0 Å². The molecule has 0 saturated carbocycles. The molecule has 4 rings (SSSR count). The number of rotatable bonds is 3. The summed E-state index contributed by atoms with van der Waals surface area (Å²) >= 11 is 0. The van der Waals surface area contributed by atoms with Crippen LogP contribution in [0.15, 0.2) is 36.8 Å². The van der Waals surface area contributed by atoms with Crippen molar-refractivity contribution in [3.63, 3.8) is 0 Å². The van der Waals surface area contributed by atoms with Gasteiger partial charge in [0.05, 0.1) is 18.5 Å². The molecule has 1 unspecified atom stereocenters. The van der Waals surface area contributed by atoms with Gasteiger partial charge in [-0.1, -0.05) is 12.1 Å². The van der Waals surface area contributed by atoms with Crippen LogP contribution in [0.3, 0.4) is 0 Å². The highest BCUT2D eigenvalue weighted by Crippen LogP contribution is 2.37. The number of hydrogen-bond acceptors (Lipinski definition) is 6. The lowest BCUT2D eigenvalue weighted by Crippen LogP contribution is -2.35. The van der Waals surface area contributed by atoms with Crippen molar-refractivity contribution in [1.82, 2.24) is 19.4 Å². The van der Waals surface area contributed by atoms with Crippen LogP contribution in [0.2, 0.25) is 0 Å². The van der Waals surface area contributed by atoms with Crippen LogP contribution < -0.4 is 10.5 Å². The highest BCUT2D eigenvalue weighted by atomic mass is 16.6. The van der Waals surface area contributed by atoms with Gasteiger partial charge in [-0.2, -0.15) is 0 Å². The number of ether oxygens (including phenoxy) is 2. The van der Waals surface area contributed by atoms with Gasteiger partial charge in [-0.3, -0.25) is 0 Å². The van der Waals surface area contributed by atoms with Crippen molar-refractivity contribution in [1.29, 1.82) is 0 Å². The van der Waals surface area contributed by atoms with Gasteiger partial charge >= 0.3 is 6.09 Å². The maximum absolute atomic E-state index is 12.5. The van der Waals surface area contributed by atoms with E-state index in [9.17, 15) is 4.79 Å². The second-order valence-electron chi connectivity index (χ2n) is 8.50. The van der Waals surface area contributed by atoms with Gasteiger partial charge in [-0.15, -0.1) is 0 Å². The zero-order valence-corrected chi connectivity index (χ0v) is 17.8. The monoisotopic (exact) mass is 409 g/mol. The number of carbonyl (C=O) groups excluding carboxylic acids is 1. The number of aromatic nitrogens is 3. The number of hydrogen-bond donors (Lipinski definition) is 1. The van der Waals surface area contributed by atoms with Crippen LogP contribution in [0.5, 0.6) is 5.75 Å².